The van der Waals surface area contributed by atoms with E-state index in [0.717, 1.165) is 6.92 Å². The van der Waals surface area contributed by atoms with Crippen molar-refractivity contribution in [1.29, 1.82) is 0 Å². The number of carbonyl (C=O) groups is 2. The maximum absolute atomic E-state index is 13.9. The van der Waals surface area contributed by atoms with Crippen LogP contribution in [0.4, 0.5) is 8.78 Å². The summed E-state index contributed by atoms with van der Waals surface area (Å²) < 4.78 is 58.4. The van der Waals surface area contributed by atoms with Crippen molar-refractivity contribution in [2.75, 3.05) is 13.2 Å². The number of alkyl halides is 2. The number of ketones is 1. The second-order valence-electron chi connectivity index (χ2n) is 5.26. The van der Waals surface area contributed by atoms with Gasteiger partial charge in [-0.2, -0.15) is 17.2 Å². The number of aromatic nitrogens is 1. The fraction of sp³-hybridized carbons (Fsp3) is 0.385. The molecule has 0 radical (unpaired) electrons. The number of nitrogens with zero attached hydrogens (tertiary/aromatic N) is 1. The fourth-order valence-corrected chi connectivity index (χ4v) is 2.28. The number of hydrogen-bond donors (Lipinski definition) is 4. The van der Waals surface area contributed by atoms with Crippen molar-refractivity contribution in [1.82, 2.24) is 4.73 Å². The minimum absolute atomic E-state index is 0.302. The van der Waals surface area contributed by atoms with Crippen LogP contribution in [0.25, 0.3) is 0 Å². The molecule has 1 aromatic rings. The van der Waals surface area contributed by atoms with E-state index in [9.17, 15) is 42.1 Å². The Kier molecular flexibility index (Phi) is 6.20. The number of halogens is 2. The molecule has 0 aliphatic heterocycles. The van der Waals surface area contributed by atoms with Gasteiger partial charge in [-0.15, -0.1) is 0 Å². The van der Waals surface area contributed by atoms with Gasteiger partial charge in [0.25, 0.3) is 0 Å². The molecule has 4 N–H and O–H groups in total. The number of esters is 1. The molecule has 0 aliphatic rings. The lowest BCUT2D eigenvalue weighted by Gasteiger charge is -2.24. The Morgan fingerprint density at radius 1 is 1.26 bits per heavy atom. The molecule has 0 aromatic carbocycles. The van der Waals surface area contributed by atoms with E-state index in [0.29, 0.717) is 12.1 Å². The summed E-state index contributed by atoms with van der Waals surface area (Å²) in [5.41, 5.74) is -3.12. The minimum Gasteiger partial charge on any atom is -0.492 e. The Morgan fingerprint density at radius 3 is 2.15 bits per heavy atom. The number of aliphatic hydroxyl groups is 2. The minimum atomic E-state index is -6.15. The molecular weight excluding hydrogens is 400 g/mol. The Bertz CT molecular complexity index is 843. The number of aromatic hydroxyl groups is 2. The van der Waals surface area contributed by atoms with Gasteiger partial charge in [0.05, 0.1) is 6.61 Å². The molecule has 0 saturated heterocycles. The number of rotatable bonds is 9. The van der Waals surface area contributed by atoms with Crippen molar-refractivity contribution in [2.24, 2.45) is 0 Å². The summed E-state index contributed by atoms with van der Waals surface area (Å²) in [6.07, 6.45) is 0. The highest BCUT2D eigenvalue weighted by Gasteiger charge is 2.58. The van der Waals surface area contributed by atoms with E-state index in [-0.39, 0.29) is 10.3 Å². The summed E-state index contributed by atoms with van der Waals surface area (Å²) in [5.74, 6) is -6.15. The van der Waals surface area contributed by atoms with Gasteiger partial charge in [0.1, 0.15) is 6.61 Å². The number of hydrogen-bond acceptors (Lipinski definition) is 10. The van der Waals surface area contributed by atoms with E-state index in [1.807, 2.05) is 0 Å². The first kappa shape index (κ1) is 22.3. The SMILES string of the molecule is C=C(C)C(=O)C(O)(CO)COC(=O)C(F)(F)S(=O)(=O)On1c(O)ccc1O. The molecule has 27 heavy (non-hydrogen) atoms. The van der Waals surface area contributed by atoms with Crippen LogP contribution in [0.1, 0.15) is 6.92 Å². The second kappa shape index (κ2) is 7.50. The van der Waals surface area contributed by atoms with Crippen LogP contribution in [-0.4, -0.2) is 69.4 Å². The third-order valence-electron chi connectivity index (χ3n) is 3.04. The Balaban J connectivity index is 3.00. The van der Waals surface area contributed by atoms with E-state index in [2.05, 4.69) is 15.6 Å². The lowest BCUT2D eigenvalue weighted by atomic mass is 9.96. The van der Waals surface area contributed by atoms with E-state index in [1.54, 1.807) is 0 Å². The first-order valence-electron chi connectivity index (χ1n) is 6.82. The van der Waals surface area contributed by atoms with Crippen molar-refractivity contribution >= 4 is 21.9 Å². The van der Waals surface area contributed by atoms with E-state index < -0.39 is 57.7 Å². The van der Waals surface area contributed by atoms with Gasteiger partial charge < -0.3 is 25.2 Å². The van der Waals surface area contributed by atoms with Gasteiger partial charge in [-0.3, -0.25) is 9.08 Å². The van der Waals surface area contributed by atoms with Crippen molar-refractivity contribution in [3.63, 3.8) is 0 Å². The van der Waals surface area contributed by atoms with Crippen LogP contribution in [0.15, 0.2) is 24.3 Å². The zero-order valence-electron chi connectivity index (χ0n) is 13.6. The van der Waals surface area contributed by atoms with Crippen LogP contribution in [-0.2, 0) is 24.4 Å². The number of Topliss-reactive ketones (excluding diaryl/α,β-unsaturated/α-hetero) is 1. The normalized spacial score (nSPS) is 14.3. The molecule has 11 nitrogen and oxygen atoms in total. The van der Waals surface area contributed by atoms with E-state index in [1.165, 1.54) is 0 Å². The third kappa shape index (κ3) is 4.35. The summed E-state index contributed by atoms with van der Waals surface area (Å²) in [5, 5.41) is 31.9. The van der Waals surface area contributed by atoms with Gasteiger partial charge >= 0.3 is 21.3 Å². The predicted octanol–water partition coefficient (Wildman–Crippen LogP) is -1.34. The fourth-order valence-electron chi connectivity index (χ4n) is 1.57. The molecule has 0 bridgehead atoms. The molecule has 0 saturated carbocycles. The van der Waals surface area contributed by atoms with Gasteiger partial charge in [0.2, 0.25) is 11.8 Å². The zero-order valence-corrected chi connectivity index (χ0v) is 14.4. The molecule has 14 heteroatoms. The molecule has 1 unspecified atom stereocenters. The van der Waals surface area contributed by atoms with Gasteiger partial charge in [0, 0.05) is 12.1 Å². The highest BCUT2D eigenvalue weighted by atomic mass is 32.2. The van der Waals surface area contributed by atoms with Gasteiger partial charge in [-0.25, -0.2) is 4.79 Å². The average Bonchev–Trinajstić information content (AvgIpc) is 2.89. The number of ether oxygens (including phenoxy) is 1. The summed E-state index contributed by atoms with van der Waals surface area (Å²) >= 11 is 0. The van der Waals surface area contributed by atoms with Gasteiger partial charge in [0.15, 0.2) is 11.4 Å². The second-order valence-corrected chi connectivity index (χ2v) is 6.83. The van der Waals surface area contributed by atoms with E-state index in [4.69, 9.17) is 5.11 Å². The maximum atomic E-state index is 13.9. The van der Waals surface area contributed by atoms with Crippen LogP contribution >= 0.6 is 0 Å². The molecule has 0 spiro atoms. The number of aliphatic hydroxyl groups excluding tert-OH is 1. The predicted molar refractivity (Wildman–Crippen MR) is 81.0 cm³/mol. The molecule has 1 atom stereocenters. The Hall–Kier alpha value is -2.71. The highest BCUT2D eigenvalue weighted by Crippen LogP contribution is 2.28. The van der Waals surface area contributed by atoms with E-state index >= 15 is 0 Å². The quantitative estimate of drug-likeness (QED) is 0.279. The smallest absolute Gasteiger partial charge is 0.478 e. The van der Waals surface area contributed by atoms with Gasteiger partial charge in [-0.1, -0.05) is 11.3 Å². The summed E-state index contributed by atoms with van der Waals surface area (Å²) in [4.78, 5) is 23.1. The molecular formula is C13H15F2NO10S. The molecule has 152 valence electrons. The Morgan fingerprint density at radius 2 is 1.74 bits per heavy atom. The van der Waals surface area contributed by atoms with Crippen molar-refractivity contribution in [3.05, 3.63) is 24.3 Å². The first-order chi connectivity index (χ1) is 12.2. The first-order valence-corrected chi connectivity index (χ1v) is 8.23. The largest absolute Gasteiger partial charge is 0.492 e. The summed E-state index contributed by atoms with van der Waals surface area (Å²) in [6, 6.07) is 1.40. The molecule has 1 rings (SSSR count). The standard InChI is InChI=1S/C13H15F2NO10S/c1-7(2)10(20)12(22,5-17)6-25-11(21)13(14,15)27(23,24)26-16-8(18)3-4-9(16)19/h3-4,17-19,22H,1,5-6H2,2H3. The van der Waals surface area contributed by atoms with Crippen LogP contribution in [0, 0.1) is 0 Å². The molecule has 0 amide bonds. The molecule has 1 aromatic heterocycles. The maximum Gasteiger partial charge on any atom is 0.478 e. The van der Waals surface area contributed by atoms with Crippen LogP contribution < -0.4 is 4.28 Å². The van der Waals surface area contributed by atoms with Crippen LogP contribution in [0.2, 0.25) is 0 Å². The monoisotopic (exact) mass is 415 g/mol. The van der Waals surface area contributed by atoms with Crippen molar-refractivity contribution in [3.8, 4) is 11.8 Å². The summed E-state index contributed by atoms with van der Waals surface area (Å²) in [6.45, 7) is 1.43. The van der Waals surface area contributed by atoms with Crippen LogP contribution in [0.3, 0.4) is 0 Å². The zero-order chi connectivity index (χ0) is 21.2. The Labute approximate surface area is 150 Å². The number of carbonyl (C=O) groups excluding carboxylic acids is 2. The molecule has 0 aliphatic carbocycles. The van der Waals surface area contributed by atoms with Gasteiger partial charge in [-0.05, 0) is 12.5 Å². The lowest BCUT2D eigenvalue weighted by molar-refractivity contribution is -0.173. The topological polar surface area (TPSA) is 173 Å². The lowest BCUT2D eigenvalue weighted by Crippen LogP contribution is -2.50. The van der Waals surface area contributed by atoms with Crippen molar-refractivity contribution < 1.29 is 56.2 Å². The molecule has 0 fully saturated rings. The highest BCUT2D eigenvalue weighted by molar-refractivity contribution is 7.88. The van der Waals surface area contributed by atoms with Crippen LogP contribution in [0.5, 0.6) is 11.8 Å². The van der Waals surface area contributed by atoms with Crippen molar-refractivity contribution in [2.45, 2.75) is 17.8 Å². The third-order valence-corrected chi connectivity index (χ3v) is 4.18. The molecule has 1 heterocycles. The average molecular weight is 415 g/mol. The summed E-state index contributed by atoms with van der Waals surface area (Å²) in [7, 11) is -6.15.